The highest BCUT2D eigenvalue weighted by Crippen LogP contribution is 2.53. The van der Waals surface area contributed by atoms with Crippen molar-refractivity contribution in [3.8, 4) is 11.5 Å². The molecule has 0 bridgehead atoms. The summed E-state index contributed by atoms with van der Waals surface area (Å²) in [6.45, 7) is 0. The number of benzene rings is 3. The lowest BCUT2D eigenvalue weighted by Gasteiger charge is -2.35. The molecule has 2 saturated heterocycles. The van der Waals surface area contributed by atoms with Gasteiger partial charge in [-0.3, -0.25) is 14.4 Å². The number of ketones is 1. The fraction of sp³-hybridized carbons (Fsp3) is 0.207. The standard InChI is InChI=1S/C29H23BrN2O5/c1-36-21-12-7-17(15-22(21)37-2)27(33)26-24-23(25-20-6-4-3-5-16(20)13-14-31(25)26)28(34)32(29(24)35)19-10-8-18(30)9-11-19/h3-15,23-26H,1-2H3/t23-,24+,25+,26+/m0/s1. The van der Waals surface area contributed by atoms with Crippen LogP contribution in [0, 0.1) is 11.8 Å². The van der Waals surface area contributed by atoms with Crippen LogP contribution in [0.15, 0.2) is 77.4 Å². The third kappa shape index (κ3) is 3.50. The molecule has 3 aromatic rings. The smallest absolute Gasteiger partial charge is 0.240 e. The molecule has 0 radical (unpaired) electrons. The molecular formula is C29H23BrN2O5. The third-order valence-corrected chi connectivity index (χ3v) is 8.01. The van der Waals surface area contributed by atoms with Gasteiger partial charge in [0.05, 0.1) is 37.8 Å². The lowest BCUT2D eigenvalue weighted by molar-refractivity contribution is -0.123. The van der Waals surface area contributed by atoms with Gasteiger partial charge in [-0.25, -0.2) is 4.90 Å². The summed E-state index contributed by atoms with van der Waals surface area (Å²) in [4.78, 5) is 45.1. The predicted molar refractivity (Wildman–Crippen MR) is 141 cm³/mol. The molecule has 8 heteroatoms. The van der Waals surface area contributed by atoms with Crippen LogP contribution in [0.3, 0.4) is 0 Å². The summed E-state index contributed by atoms with van der Waals surface area (Å²) in [6.07, 6.45) is 3.78. The summed E-state index contributed by atoms with van der Waals surface area (Å²) >= 11 is 3.41. The van der Waals surface area contributed by atoms with Crippen molar-refractivity contribution in [2.24, 2.45) is 11.8 Å². The molecule has 4 atom stereocenters. The lowest BCUT2D eigenvalue weighted by atomic mass is 9.83. The number of amides is 2. The van der Waals surface area contributed by atoms with Gasteiger partial charge in [-0.15, -0.1) is 0 Å². The number of carbonyl (C=O) groups is 3. The second-order valence-corrected chi connectivity index (χ2v) is 10.2. The molecule has 2 fully saturated rings. The Morgan fingerprint density at radius 3 is 2.30 bits per heavy atom. The van der Waals surface area contributed by atoms with Crippen LogP contribution in [0.2, 0.25) is 0 Å². The average molecular weight is 559 g/mol. The second kappa shape index (κ2) is 8.88. The highest BCUT2D eigenvalue weighted by atomic mass is 79.9. The van der Waals surface area contributed by atoms with Crippen molar-refractivity contribution < 1.29 is 23.9 Å². The van der Waals surface area contributed by atoms with Crippen LogP contribution in [-0.4, -0.2) is 42.8 Å². The van der Waals surface area contributed by atoms with Gasteiger partial charge in [0.2, 0.25) is 11.8 Å². The van der Waals surface area contributed by atoms with Gasteiger partial charge in [0.15, 0.2) is 17.3 Å². The largest absolute Gasteiger partial charge is 0.493 e. The average Bonchev–Trinajstić information content (AvgIpc) is 3.40. The van der Waals surface area contributed by atoms with E-state index in [2.05, 4.69) is 15.9 Å². The molecule has 3 heterocycles. The summed E-state index contributed by atoms with van der Waals surface area (Å²) in [5.74, 6) is -1.52. The van der Waals surface area contributed by atoms with E-state index >= 15 is 0 Å². The van der Waals surface area contributed by atoms with Crippen LogP contribution in [0.5, 0.6) is 11.5 Å². The molecule has 0 aliphatic carbocycles. The summed E-state index contributed by atoms with van der Waals surface area (Å²) < 4.78 is 11.6. The highest BCUT2D eigenvalue weighted by molar-refractivity contribution is 9.10. The number of carbonyl (C=O) groups excluding carboxylic acids is 3. The Kier molecular flexibility index (Phi) is 5.64. The summed E-state index contributed by atoms with van der Waals surface area (Å²) in [7, 11) is 3.04. The summed E-state index contributed by atoms with van der Waals surface area (Å²) in [5.41, 5.74) is 2.79. The molecule has 0 unspecified atom stereocenters. The topological polar surface area (TPSA) is 76.2 Å². The Hall–Kier alpha value is -3.91. The Balaban J connectivity index is 1.48. The van der Waals surface area contributed by atoms with Crippen LogP contribution in [0.25, 0.3) is 6.08 Å². The first kappa shape index (κ1) is 23.5. The van der Waals surface area contributed by atoms with Gasteiger partial charge < -0.3 is 14.4 Å². The summed E-state index contributed by atoms with van der Waals surface area (Å²) in [5, 5.41) is 0. The van der Waals surface area contributed by atoms with E-state index in [0.29, 0.717) is 22.7 Å². The van der Waals surface area contributed by atoms with E-state index in [9.17, 15) is 14.4 Å². The monoisotopic (exact) mass is 558 g/mol. The van der Waals surface area contributed by atoms with Crippen LogP contribution >= 0.6 is 15.9 Å². The number of hydrogen-bond donors (Lipinski definition) is 0. The fourth-order valence-electron chi connectivity index (χ4n) is 5.86. The van der Waals surface area contributed by atoms with E-state index in [0.717, 1.165) is 15.6 Å². The van der Waals surface area contributed by atoms with Crippen molar-refractivity contribution in [1.29, 1.82) is 0 Å². The Morgan fingerprint density at radius 2 is 1.57 bits per heavy atom. The van der Waals surface area contributed by atoms with Crippen molar-refractivity contribution >= 4 is 45.3 Å². The van der Waals surface area contributed by atoms with Crippen molar-refractivity contribution in [2.75, 3.05) is 19.1 Å². The van der Waals surface area contributed by atoms with Crippen LogP contribution in [-0.2, 0) is 9.59 Å². The zero-order chi connectivity index (χ0) is 25.8. The van der Waals surface area contributed by atoms with Crippen LogP contribution in [0.4, 0.5) is 5.69 Å². The number of hydrogen-bond acceptors (Lipinski definition) is 6. The Bertz CT molecular complexity index is 1470. The molecule has 3 aromatic carbocycles. The second-order valence-electron chi connectivity index (χ2n) is 9.26. The minimum atomic E-state index is -0.852. The minimum Gasteiger partial charge on any atom is -0.493 e. The van der Waals surface area contributed by atoms with Gasteiger partial charge in [-0.1, -0.05) is 40.2 Å². The third-order valence-electron chi connectivity index (χ3n) is 7.48. The van der Waals surface area contributed by atoms with Gasteiger partial charge in [0, 0.05) is 16.2 Å². The maximum absolute atomic E-state index is 14.1. The van der Waals surface area contributed by atoms with Crippen molar-refractivity contribution in [2.45, 2.75) is 12.1 Å². The first-order chi connectivity index (χ1) is 17.9. The van der Waals surface area contributed by atoms with Crippen molar-refractivity contribution in [1.82, 2.24) is 4.90 Å². The highest BCUT2D eigenvalue weighted by Gasteiger charge is 2.64. The van der Waals surface area contributed by atoms with Gasteiger partial charge in [-0.05, 0) is 59.7 Å². The first-order valence-electron chi connectivity index (χ1n) is 11.9. The summed E-state index contributed by atoms with van der Waals surface area (Å²) in [6, 6.07) is 18.5. The first-order valence-corrected chi connectivity index (χ1v) is 12.7. The van der Waals surface area contributed by atoms with E-state index in [1.54, 1.807) is 42.5 Å². The van der Waals surface area contributed by atoms with Crippen LogP contribution in [0.1, 0.15) is 27.5 Å². The van der Waals surface area contributed by atoms with Crippen molar-refractivity contribution in [3.05, 3.63) is 94.1 Å². The Morgan fingerprint density at radius 1 is 0.865 bits per heavy atom. The molecule has 3 aliphatic rings. The molecule has 0 spiro atoms. The van der Waals surface area contributed by atoms with Gasteiger partial charge in [0.25, 0.3) is 0 Å². The number of methoxy groups -OCH3 is 2. The number of anilines is 1. The van der Waals surface area contributed by atoms with Crippen LogP contribution < -0.4 is 14.4 Å². The van der Waals surface area contributed by atoms with Gasteiger partial charge >= 0.3 is 0 Å². The molecule has 0 N–H and O–H groups in total. The number of fused-ring (bicyclic) bond motifs is 5. The molecule has 0 saturated carbocycles. The maximum Gasteiger partial charge on any atom is 0.240 e. The fourth-order valence-corrected chi connectivity index (χ4v) is 6.13. The zero-order valence-corrected chi connectivity index (χ0v) is 21.7. The molecular weight excluding hydrogens is 536 g/mol. The molecule has 7 nitrogen and oxygen atoms in total. The number of imide groups is 1. The maximum atomic E-state index is 14.1. The van der Waals surface area contributed by atoms with E-state index in [1.165, 1.54) is 19.1 Å². The number of nitrogens with zero attached hydrogens (tertiary/aromatic N) is 2. The molecule has 37 heavy (non-hydrogen) atoms. The zero-order valence-electron chi connectivity index (χ0n) is 20.1. The normalized spacial score (nSPS) is 23.5. The van der Waals surface area contributed by atoms with E-state index in [-0.39, 0.29) is 17.6 Å². The van der Waals surface area contributed by atoms with Gasteiger partial charge in [-0.2, -0.15) is 0 Å². The lowest BCUT2D eigenvalue weighted by Crippen LogP contribution is -2.44. The molecule has 2 amide bonds. The molecule has 0 aromatic heterocycles. The van der Waals surface area contributed by atoms with Gasteiger partial charge in [0.1, 0.15) is 6.04 Å². The number of halogens is 1. The SMILES string of the molecule is COc1ccc(C(=O)[C@H]2[C@@H]3C(=O)N(c4ccc(Br)cc4)C(=O)[C@@H]3[C@H]3c4ccccc4C=CN32)cc1OC. The molecule has 186 valence electrons. The minimum absolute atomic E-state index is 0.249. The van der Waals surface area contributed by atoms with E-state index in [1.807, 2.05) is 41.4 Å². The van der Waals surface area contributed by atoms with E-state index < -0.39 is 23.9 Å². The molecule has 3 aliphatic heterocycles. The number of rotatable bonds is 5. The molecule has 6 rings (SSSR count). The van der Waals surface area contributed by atoms with E-state index in [4.69, 9.17) is 9.47 Å². The number of ether oxygens (including phenoxy) is 2. The predicted octanol–water partition coefficient (Wildman–Crippen LogP) is 4.86. The Labute approximate surface area is 222 Å². The quantitative estimate of drug-likeness (QED) is 0.328. The number of Topliss-reactive ketones (excluding diaryl/α,β-unsaturated/α-hetero) is 1. The van der Waals surface area contributed by atoms with Crippen molar-refractivity contribution in [3.63, 3.8) is 0 Å².